The molecule has 0 heterocycles. The third-order valence-electron chi connectivity index (χ3n) is 2.75. The van der Waals surface area contributed by atoms with Gasteiger partial charge in [-0.1, -0.05) is 19.3 Å². The fourth-order valence-corrected chi connectivity index (χ4v) is 1.65. The highest BCUT2D eigenvalue weighted by Crippen LogP contribution is 2.25. The van der Waals surface area contributed by atoms with Crippen LogP contribution in [0.15, 0.2) is 0 Å². The van der Waals surface area contributed by atoms with Crippen LogP contribution in [0.2, 0.25) is 0 Å². The number of carboxylic acid groups (broad SMARTS) is 2. The molecule has 0 aliphatic carbocycles. The van der Waals surface area contributed by atoms with Crippen molar-refractivity contribution < 1.29 is 19.8 Å². The molecule has 100 valence electrons. The van der Waals surface area contributed by atoms with E-state index in [0.717, 1.165) is 19.3 Å². The number of aliphatic carboxylic acids is 2. The van der Waals surface area contributed by atoms with Crippen molar-refractivity contribution in [1.82, 2.24) is 0 Å². The van der Waals surface area contributed by atoms with Gasteiger partial charge in [0, 0.05) is 0 Å². The van der Waals surface area contributed by atoms with Gasteiger partial charge in [-0.2, -0.15) is 25.3 Å². The zero-order valence-electron chi connectivity index (χ0n) is 10.1. The number of hydrogen-bond acceptors (Lipinski definition) is 4. The van der Waals surface area contributed by atoms with E-state index in [2.05, 4.69) is 25.3 Å². The molecule has 0 spiro atoms. The van der Waals surface area contributed by atoms with E-state index in [-0.39, 0.29) is 0 Å². The van der Waals surface area contributed by atoms with Crippen molar-refractivity contribution >= 4 is 37.2 Å². The molecule has 6 heteroatoms. The van der Waals surface area contributed by atoms with Gasteiger partial charge in [0.15, 0.2) is 0 Å². The summed E-state index contributed by atoms with van der Waals surface area (Å²) in [5, 5.41) is 17.7. The molecule has 0 aliphatic heterocycles. The Morgan fingerprint density at radius 2 is 1.18 bits per heavy atom. The molecule has 0 fully saturated rings. The van der Waals surface area contributed by atoms with Crippen LogP contribution in [-0.4, -0.2) is 31.6 Å². The first-order valence-electron chi connectivity index (χ1n) is 5.51. The van der Waals surface area contributed by atoms with Crippen molar-refractivity contribution in [3.63, 3.8) is 0 Å². The van der Waals surface area contributed by atoms with Crippen molar-refractivity contribution in [1.29, 1.82) is 0 Å². The first kappa shape index (κ1) is 16.6. The summed E-state index contributed by atoms with van der Waals surface area (Å²) >= 11 is 8.13. The van der Waals surface area contributed by atoms with Crippen molar-refractivity contribution in [2.24, 2.45) is 0 Å². The Balaban J connectivity index is 3.81. The second-order valence-electron chi connectivity index (χ2n) is 4.72. The Hall–Kier alpha value is -0.360. The fraction of sp³-hybridized carbons (Fsp3) is 0.818. The Bertz CT molecular complexity index is 259. The molecule has 0 aliphatic rings. The third-order valence-corrected chi connectivity index (χ3v) is 3.58. The van der Waals surface area contributed by atoms with E-state index in [1.807, 2.05) is 0 Å². The van der Waals surface area contributed by atoms with E-state index in [1.54, 1.807) is 13.8 Å². The number of rotatable bonds is 8. The van der Waals surface area contributed by atoms with Crippen LogP contribution in [0.5, 0.6) is 0 Å². The normalized spacial score (nSPS) is 18.1. The summed E-state index contributed by atoms with van der Waals surface area (Å²) in [6.45, 7) is 3.14. The highest BCUT2D eigenvalue weighted by Gasteiger charge is 2.29. The van der Waals surface area contributed by atoms with Crippen LogP contribution in [0.4, 0.5) is 0 Å². The van der Waals surface area contributed by atoms with Crippen LogP contribution in [0.25, 0.3) is 0 Å². The van der Waals surface area contributed by atoms with E-state index in [0.29, 0.717) is 12.8 Å². The molecular weight excluding hydrogens is 260 g/mol. The van der Waals surface area contributed by atoms with Gasteiger partial charge in [-0.15, -0.1) is 0 Å². The van der Waals surface area contributed by atoms with Gasteiger partial charge < -0.3 is 10.2 Å². The van der Waals surface area contributed by atoms with Gasteiger partial charge in [0.05, 0.1) is 0 Å². The molecule has 4 nitrogen and oxygen atoms in total. The number of carboxylic acids is 2. The maximum atomic E-state index is 10.8. The summed E-state index contributed by atoms with van der Waals surface area (Å²) in [6, 6.07) is 0. The maximum absolute atomic E-state index is 10.8. The lowest BCUT2D eigenvalue weighted by Crippen LogP contribution is -2.29. The highest BCUT2D eigenvalue weighted by molar-refractivity contribution is 7.82. The molecule has 0 bridgehead atoms. The Kier molecular flexibility index (Phi) is 6.40. The predicted octanol–water partition coefficient (Wildman–Crippen LogP) is 2.48. The van der Waals surface area contributed by atoms with Crippen LogP contribution >= 0.6 is 25.3 Å². The van der Waals surface area contributed by atoms with Gasteiger partial charge in [0.25, 0.3) is 0 Å². The molecule has 0 amide bonds. The average molecular weight is 280 g/mol. The van der Waals surface area contributed by atoms with Crippen LogP contribution in [0, 0.1) is 0 Å². The summed E-state index contributed by atoms with van der Waals surface area (Å²) in [5.74, 6) is -1.85. The van der Waals surface area contributed by atoms with Crippen LogP contribution in [0.1, 0.15) is 46.0 Å². The average Bonchev–Trinajstić information content (AvgIpc) is 2.16. The van der Waals surface area contributed by atoms with Crippen LogP contribution in [-0.2, 0) is 9.59 Å². The van der Waals surface area contributed by atoms with Crippen LogP contribution in [0.3, 0.4) is 0 Å². The molecule has 0 rings (SSSR count). The highest BCUT2D eigenvalue weighted by atomic mass is 32.1. The molecule has 0 aromatic heterocycles. The molecular formula is C11H20O4S2. The number of thiol groups is 2. The Morgan fingerprint density at radius 1 is 0.882 bits per heavy atom. The minimum Gasteiger partial charge on any atom is -0.480 e. The lowest BCUT2D eigenvalue weighted by molar-refractivity contribution is -0.140. The Morgan fingerprint density at radius 3 is 1.41 bits per heavy atom. The van der Waals surface area contributed by atoms with E-state index in [1.165, 1.54) is 0 Å². The van der Waals surface area contributed by atoms with Crippen molar-refractivity contribution in [3.05, 3.63) is 0 Å². The predicted molar refractivity (Wildman–Crippen MR) is 73.1 cm³/mol. The summed E-state index contributed by atoms with van der Waals surface area (Å²) in [7, 11) is 0. The monoisotopic (exact) mass is 280 g/mol. The Labute approximate surface area is 113 Å². The van der Waals surface area contributed by atoms with Gasteiger partial charge in [0.2, 0.25) is 0 Å². The second kappa shape index (κ2) is 6.54. The first-order chi connectivity index (χ1) is 7.59. The molecule has 0 saturated carbocycles. The fourth-order valence-electron chi connectivity index (χ4n) is 1.33. The van der Waals surface area contributed by atoms with E-state index < -0.39 is 21.4 Å². The zero-order chi connectivity index (χ0) is 13.7. The molecule has 2 N–H and O–H groups in total. The first-order valence-corrected chi connectivity index (χ1v) is 6.40. The number of hydrogen-bond donors (Lipinski definition) is 4. The molecule has 0 aromatic rings. The van der Waals surface area contributed by atoms with Gasteiger partial charge in [0.1, 0.15) is 9.49 Å². The lowest BCUT2D eigenvalue weighted by Gasteiger charge is -2.19. The van der Waals surface area contributed by atoms with Gasteiger partial charge >= 0.3 is 11.9 Å². The molecule has 17 heavy (non-hydrogen) atoms. The number of carbonyl (C=O) groups is 2. The van der Waals surface area contributed by atoms with Gasteiger partial charge in [-0.05, 0) is 26.7 Å². The molecule has 2 unspecified atom stereocenters. The third kappa shape index (κ3) is 6.21. The topological polar surface area (TPSA) is 74.6 Å². The summed E-state index contributed by atoms with van der Waals surface area (Å²) in [5.41, 5.74) is 0. The van der Waals surface area contributed by atoms with Crippen molar-refractivity contribution in [2.75, 3.05) is 0 Å². The van der Waals surface area contributed by atoms with Crippen molar-refractivity contribution in [3.8, 4) is 0 Å². The quantitative estimate of drug-likeness (QED) is 0.407. The molecule has 0 aromatic carbocycles. The van der Waals surface area contributed by atoms with Gasteiger partial charge in [-0.3, -0.25) is 9.59 Å². The zero-order valence-corrected chi connectivity index (χ0v) is 11.9. The molecule has 2 atom stereocenters. The largest absolute Gasteiger partial charge is 0.480 e. The summed E-state index contributed by atoms with van der Waals surface area (Å²) in [4.78, 5) is 21.5. The second-order valence-corrected chi connectivity index (χ2v) is 6.69. The van der Waals surface area contributed by atoms with Gasteiger partial charge in [-0.25, -0.2) is 0 Å². The molecule has 0 saturated heterocycles. The SMILES string of the molecule is CC(S)(CCCCCC(C)(S)C(=O)O)C(=O)O. The maximum Gasteiger partial charge on any atom is 0.319 e. The van der Waals surface area contributed by atoms with Crippen molar-refractivity contribution in [2.45, 2.75) is 55.4 Å². The summed E-state index contributed by atoms with van der Waals surface area (Å²) < 4.78 is -2.01. The number of unbranched alkanes of at least 4 members (excludes halogenated alkanes) is 2. The standard InChI is InChI=1S/C11H20O4S2/c1-10(16,8(12)13)6-4-3-5-7-11(2,17)9(14)15/h16-17H,3-7H2,1-2H3,(H,12,13)(H,14,15). The smallest absolute Gasteiger partial charge is 0.319 e. The summed E-state index contributed by atoms with van der Waals surface area (Å²) in [6.07, 6.45) is 3.17. The van der Waals surface area contributed by atoms with E-state index in [4.69, 9.17) is 10.2 Å². The minimum absolute atomic E-state index is 0.474. The lowest BCUT2D eigenvalue weighted by atomic mass is 9.98. The van der Waals surface area contributed by atoms with Crippen LogP contribution < -0.4 is 0 Å². The minimum atomic E-state index is -1.00. The van der Waals surface area contributed by atoms with E-state index in [9.17, 15) is 9.59 Å². The molecule has 0 radical (unpaired) electrons. The van der Waals surface area contributed by atoms with E-state index >= 15 is 0 Å².